The summed E-state index contributed by atoms with van der Waals surface area (Å²) in [5, 5.41) is 64.6. The highest BCUT2D eigenvalue weighted by Gasteiger charge is 2.56. The number of H-pyrrole nitrogens is 3. The van der Waals surface area contributed by atoms with E-state index in [0.717, 1.165) is 35.3 Å². The quantitative estimate of drug-likeness (QED) is 0.0601. The summed E-state index contributed by atoms with van der Waals surface area (Å²) in [7, 11) is 0. The Bertz CT molecular complexity index is 6370. The number of aromatic nitrogens is 27. The number of imidazole rings is 2. The second-order valence-corrected chi connectivity index (χ2v) is 50.7. The second kappa shape index (κ2) is 36.5. The zero-order valence-corrected chi connectivity index (χ0v) is 78.7. The van der Waals surface area contributed by atoms with Gasteiger partial charge in [0.25, 0.3) is 16.7 Å². The Morgan fingerprint density at radius 3 is 1.17 bits per heavy atom. The summed E-state index contributed by atoms with van der Waals surface area (Å²) < 4.78 is 109. The maximum Gasteiger partial charge on any atom is 0.386 e. The predicted octanol–water partition coefficient (Wildman–Crippen LogP) is -2.56. The summed E-state index contributed by atoms with van der Waals surface area (Å²) in [5.74, 6) is -0.117. The number of thioether (sulfide) groups is 3. The van der Waals surface area contributed by atoms with Gasteiger partial charge in [0.15, 0.2) is 62.1 Å². The van der Waals surface area contributed by atoms with Crippen molar-refractivity contribution >= 4 is 233 Å². The van der Waals surface area contributed by atoms with Gasteiger partial charge in [-0.15, -0.1) is 50.6 Å². The minimum atomic E-state index is -4.22. The number of nitrogens with zero attached hydrogens (tertiary/aromatic N) is 24. The molecule has 708 valence electrons. The molecule has 75 heteroatoms. The second-order valence-electron chi connectivity index (χ2n) is 29.8. The van der Waals surface area contributed by atoms with E-state index in [-0.39, 0.29) is 128 Å². The standard InChI is InChI=1S/3C19H23N11O9P2S3/c2*20-14-16-22-2-6(29(16)24-5-23-14)7-1-8-9(37-7)3-35-41(34,43)39-13-12(31)10(4-36-40(33,42)38-8)44-18(13)30-15-11(27-28-30)17(32)26-19(21)25-15;20-18-25-15-11(16(32)26-18)27-28-29(15)17-13-12(31)10(44-17)4-36-40(33,42)38-8-1-7(37-9(8)3-35-41(34,43)39-13)6-2-24-30-14(6)22-5-23-19(30)21/h2*2,5,7-10,12-13,18,31H,1,3-4H2,(H,33,42)(H,34,43)(H2,20,23,24)(H3,21,25,26,32);2,5,7-10,12-13,17,31H,1,3-4H2,(H,33,42)(H,34,43)(H2,21,22,23)(H3,20,25,26,32)/t2*7-,8+,9-,10-,12-,13-,18-,40?,41?;7-,8+,9-,10-,12-,13-,17-,40?,41?/m111/s1. The number of aliphatic hydroxyl groups is 3. The molecule has 21 heterocycles. The fourth-order valence-electron chi connectivity index (χ4n) is 15.5. The van der Waals surface area contributed by atoms with Gasteiger partial charge in [0.2, 0.25) is 23.8 Å². The maximum absolute atomic E-state index is 13.5. The number of rotatable bonds is 6. The van der Waals surface area contributed by atoms with Gasteiger partial charge in [0.05, 0.1) is 128 Å². The number of nitrogen functional groups attached to an aromatic ring is 6. The molecule has 9 fully saturated rings. The van der Waals surface area contributed by atoms with Crippen molar-refractivity contribution < 1.29 is 113 Å². The van der Waals surface area contributed by atoms with Crippen LogP contribution in [0.15, 0.2) is 52.0 Å². The molecule has 9 aliphatic rings. The molecule has 132 heavy (non-hydrogen) atoms. The van der Waals surface area contributed by atoms with Gasteiger partial charge in [-0.3, -0.25) is 47.4 Å². The van der Waals surface area contributed by atoms with Gasteiger partial charge in [0, 0.05) is 24.8 Å². The molecule has 6 unspecified atom stereocenters. The molecule has 0 aliphatic carbocycles. The van der Waals surface area contributed by atoms with E-state index >= 15 is 0 Å². The van der Waals surface area contributed by atoms with Crippen molar-refractivity contribution in [1.29, 1.82) is 0 Å². The monoisotopic (exact) mass is 2120 g/mol. The molecular weight excluding hydrogens is 2050 g/mol. The molecule has 0 radical (unpaired) electrons. The van der Waals surface area contributed by atoms with Crippen LogP contribution in [0, 0.1) is 0 Å². The Labute approximate surface area is 776 Å². The van der Waals surface area contributed by atoms with E-state index in [1.54, 1.807) is 0 Å². The van der Waals surface area contributed by atoms with Crippen molar-refractivity contribution in [1.82, 2.24) is 134 Å². The molecular formula is C57H69N33O27P6S9. The molecule has 6 bridgehead atoms. The van der Waals surface area contributed by atoms with Crippen molar-refractivity contribution in [3.8, 4) is 0 Å². The number of hydrogen-bond donors (Lipinski definition) is 18. The first-order chi connectivity index (χ1) is 62.7. The Kier molecular flexibility index (Phi) is 26.1. The third kappa shape index (κ3) is 19.0. The average Bonchev–Trinajstić information content (AvgIpc) is 1.61. The lowest BCUT2D eigenvalue weighted by Gasteiger charge is -2.27. The van der Waals surface area contributed by atoms with E-state index < -0.39 is 180 Å². The van der Waals surface area contributed by atoms with Crippen LogP contribution in [0.1, 0.15) is 70.6 Å². The summed E-state index contributed by atoms with van der Waals surface area (Å²) in [5.41, 5.74) is 35.3. The molecule has 60 nitrogen and oxygen atoms in total. The maximum atomic E-state index is 13.5. The molecule has 21 rings (SSSR count). The van der Waals surface area contributed by atoms with Gasteiger partial charge >= 0.3 is 40.4 Å². The summed E-state index contributed by atoms with van der Waals surface area (Å²) >= 11 is 33.9. The van der Waals surface area contributed by atoms with E-state index in [4.69, 9.17) is 162 Å². The summed E-state index contributed by atoms with van der Waals surface area (Å²) in [4.78, 5) is 136. The van der Waals surface area contributed by atoms with Crippen LogP contribution >= 0.6 is 87.9 Å². The highest BCUT2D eigenvalue weighted by atomic mass is 32.7. The smallest absolute Gasteiger partial charge is 0.386 e. The zero-order valence-electron chi connectivity index (χ0n) is 65.9. The zero-order chi connectivity index (χ0) is 92.9. The molecule has 12 aromatic heterocycles. The number of fused-ring (bicyclic) bond motifs is 15. The highest BCUT2D eigenvalue weighted by Crippen LogP contribution is 2.63. The van der Waals surface area contributed by atoms with Crippen LogP contribution in [0.25, 0.3) is 50.4 Å². The van der Waals surface area contributed by atoms with Gasteiger partial charge in [-0.2, -0.15) is 34.8 Å². The number of nitrogens with two attached hydrogens (primary N) is 6. The Morgan fingerprint density at radius 2 is 0.765 bits per heavy atom. The van der Waals surface area contributed by atoms with Crippen molar-refractivity contribution in [2.75, 3.05) is 74.0 Å². The van der Waals surface area contributed by atoms with Crippen molar-refractivity contribution in [2.45, 2.75) is 143 Å². The third-order valence-corrected chi connectivity index (χ3v) is 35.4. The Hall–Kier alpha value is -6.75. The van der Waals surface area contributed by atoms with Crippen LogP contribution in [0.3, 0.4) is 0 Å². The molecule has 9 aliphatic heterocycles. The van der Waals surface area contributed by atoms with Crippen LogP contribution in [-0.2, 0) is 132 Å². The molecule has 12 aromatic rings. The van der Waals surface area contributed by atoms with E-state index in [9.17, 15) is 58.7 Å². The lowest BCUT2D eigenvalue weighted by molar-refractivity contribution is -0.0242. The summed E-state index contributed by atoms with van der Waals surface area (Å²) in [6, 6.07) is 0. The average molecular weight is 2120 g/mol. The van der Waals surface area contributed by atoms with E-state index in [1.165, 1.54) is 65.2 Å². The predicted molar refractivity (Wildman–Crippen MR) is 477 cm³/mol. The van der Waals surface area contributed by atoms with Gasteiger partial charge in [-0.05, 0) is 59.0 Å². The fraction of sp³-hybridized carbons (Fsp3) is 0.526. The molecule has 0 spiro atoms. The van der Waals surface area contributed by atoms with Crippen molar-refractivity contribution in [2.24, 2.45) is 0 Å². The number of nitrogens with one attached hydrogen (secondary N) is 3. The lowest BCUT2D eigenvalue weighted by Crippen LogP contribution is -2.35. The summed E-state index contributed by atoms with van der Waals surface area (Å²) in [6.45, 7) is -26.1. The number of aromatic amines is 3. The minimum Gasteiger partial charge on any atom is -0.389 e. The molecule has 27 atom stereocenters. The molecule has 23 N–H and O–H groups in total. The van der Waals surface area contributed by atoms with E-state index in [2.05, 4.69) is 118 Å². The SMILES string of the molecule is Nc1nc2c(nnn2[C@@H]2S[C@@H]3COP(O)(=S)O[C@H]4C[C@H](c5cnc6c(N)ncnn56)O[C@@H]4COP(O)(=S)O[C@@H]2[C@@H]3O)c(=O)[nH]1.Nc1nc2c(nnn2[C@@H]2S[C@@H]3COP(O)(=S)O[C@H]4C[C@H](c5cnc6c(N)ncnn56)O[C@@H]4COP(O)(=S)O[C@@H]2[C@@H]3O)c(=O)[nH]1.Nc1nc2c(nnn2[C@@H]2S[C@@H]3COP(O)(=S)O[C@H]4C[C@H](c5cnn6c(N)ncnc56)O[C@@H]4COP(=O)(S)O[C@@H]2[C@@H]3O)c(=O)[nH]1. The van der Waals surface area contributed by atoms with Crippen LogP contribution in [0.5, 0.6) is 0 Å². The molecule has 9 saturated heterocycles. The highest BCUT2D eigenvalue weighted by molar-refractivity contribution is 8.44. The fourth-order valence-corrected chi connectivity index (χ4v) is 29.2. The van der Waals surface area contributed by atoms with Crippen LogP contribution in [-0.4, -0.2) is 302 Å². The third-order valence-electron chi connectivity index (χ3n) is 21.4. The molecule has 0 saturated carbocycles. The normalized spacial score (nSPS) is 36.6. The minimum absolute atomic E-state index is 0.00247. The molecule has 0 amide bonds. The van der Waals surface area contributed by atoms with Crippen molar-refractivity contribution in [3.63, 3.8) is 0 Å². The number of ether oxygens (including phenoxy) is 3. The summed E-state index contributed by atoms with van der Waals surface area (Å²) in [6.07, 6.45) is -6.32. The number of hydrogen-bond acceptors (Lipinski definition) is 54. The Morgan fingerprint density at radius 1 is 0.409 bits per heavy atom. The first kappa shape index (κ1) is 94.2. The van der Waals surface area contributed by atoms with Crippen LogP contribution in [0.2, 0.25) is 0 Å². The van der Waals surface area contributed by atoms with Gasteiger partial charge in [-0.25, -0.2) is 57.5 Å². The van der Waals surface area contributed by atoms with Crippen LogP contribution < -0.4 is 51.1 Å². The molecule has 0 aromatic carbocycles. The first-order valence-electron chi connectivity index (χ1n) is 38.2. The topological polar surface area (TPSA) is 832 Å². The Balaban J connectivity index is 0.000000128. The largest absolute Gasteiger partial charge is 0.389 e. The number of anilines is 6. The van der Waals surface area contributed by atoms with E-state index in [0.29, 0.717) is 33.9 Å². The van der Waals surface area contributed by atoms with Crippen LogP contribution in [0.4, 0.5) is 35.4 Å². The van der Waals surface area contributed by atoms with Crippen molar-refractivity contribution in [3.05, 3.63) is 85.6 Å². The van der Waals surface area contributed by atoms with E-state index in [1.807, 2.05) is 0 Å². The lowest BCUT2D eigenvalue weighted by atomic mass is 10.1. The number of aliphatic hydroxyl groups excluding tert-OH is 3. The first-order valence-corrected chi connectivity index (χ1v) is 56.7. The van der Waals surface area contributed by atoms with Gasteiger partial charge in [0.1, 0.15) is 83.9 Å². The number of thiol groups is 1. The van der Waals surface area contributed by atoms with Gasteiger partial charge in [-0.1, -0.05) is 27.9 Å². The van der Waals surface area contributed by atoms with Gasteiger partial charge < -0.3 is 125 Å².